The van der Waals surface area contributed by atoms with E-state index >= 15 is 0 Å². The van der Waals surface area contributed by atoms with Gasteiger partial charge in [0.25, 0.3) is 0 Å². The van der Waals surface area contributed by atoms with E-state index in [9.17, 15) is 13.9 Å². The molecule has 1 N–H and O–H groups in total. The second-order valence-electron chi connectivity index (χ2n) is 8.22. The molecule has 1 unspecified atom stereocenters. The molecule has 0 bridgehead atoms. The SMILES string of the molecule is CC(C)c1cc(C(C)C)c(C(C)O)c(-c2ccc(F)cc2)c1Cc1cc(F)cs1. The minimum Gasteiger partial charge on any atom is -0.389 e. The highest BCUT2D eigenvalue weighted by Crippen LogP contribution is 2.42. The summed E-state index contributed by atoms with van der Waals surface area (Å²) in [5, 5.41) is 12.3. The van der Waals surface area contributed by atoms with Gasteiger partial charge >= 0.3 is 0 Å². The van der Waals surface area contributed by atoms with E-state index in [4.69, 9.17) is 0 Å². The van der Waals surface area contributed by atoms with E-state index in [1.807, 2.05) is 0 Å². The molecule has 1 atom stereocenters. The maximum absolute atomic E-state index is 13.7. The number of hydrogen-bond donors (Lipinski definition) is 1. The number of benzene rings is 2. The lowest BCUT2D eigenvalue weighted by molar-refractivity contribution is 0.198. The number of thiophene rings is 1. The quantitative estimate of drug-likeness (QED) is 0.441. The van der Waals surface area contributed by atoms with Crippen molar-refractivity contribution in [3.8, 4) is 11.1 Å². The van der Waals surface area contributed by atoms with Crippen LogP contribution in [-0.4, -0.2) is 5.11 Å². The first-order valence-corrected chi connectivity index (χ1v) is 10.9. The molecule has 0 fully saturated rings. The van der Waals surface area contributed by atoms with E-state index in [2.05, 4.69) is 33.8 Å². The predicted octanol–water partition coefficient (Wildman–Crippen LogP) is 7.58. The zero-order chi connectivity index (χ0) is 21.3. The number of aliphatic hydroxyl groups excluding tert-OH is 1. The molecule has 3 rings (SSSR count). The maximum atomic E-state index is 13.7. The molecular weight excluding hydrogens is 386 g/mol. The molecule has 0 radical (unpaired) electrons. The molecule has 29 heavy (non-hydrogen) atoms. The molecule has 3 aromatic rings. The van der Waals surface area contributed by atoms with Gasteiger partial charge in [-0.1, -0.05) is 45.9 Å². The summed E-state index contributed by atoms with van der Waals surface area (Å²) < 4.78 is 27.3. The van der Waals surface area contributed by atoms with E-state index in [-0.39, 0.29) is 23.5 Å². The topological polar surface area (TPSA) is 20.2 Å². The Kier molecular flexibility index (Phi) is 6.55. The van der Waals surface area contributed by atoms with Gasteiger partial charge in [0.15, 0.2) is 0 Å². The van der Waals surface area contributed by atoms with Crippen molar-refractivity contribution >= 4 is 11.3 Å². The molecule has 1 aromatic heterocycles. The fourth-order valence-electron chi connectivity index (χ4n) is 3.98. The molecule has 0 amide bonds. The van der Waals surface area contributed by atoms with Crippen LogP contribution < -0.4 is 0 Å². The van der Waals surface area contributed by atoms with E-state index in [1.54, 1.807) is 25.1 Å². The van der Waals surface area contributed by atoms with Gasteiger partial charge < -0.3 is 5.11 Å². The van der Waals surface area contributed by atoms with Gasteiger partial charge in [0.1, 0.15) is 11.6 Å². The summed E-state index contributed by atoms with van der Waals surface area (Å²) >= 11 is 1.40. The summed E-state index contributed by atoms with van der Waals surface area (Å²) in [4.78, 5) is 0.932. The summed E-state index contributed by atoms with van der Waals surface area (Å²) in [5.74, 6) is -0.0358. The monoisotopic (exact) mass is 414 g/mol. The van der Waals surface area contributed by atoms with Crippen molar-refractivity contribution in [2.24, 2.45) is 0 Å². The van der Waals surface area contributed by atoms with Crippen LogP contribution in [0.5, 0.6) is 0 Å². The summed E-state index contributed by atoms with van der Waals surface area (Å²) in [5.41, 5.74) is 6.06. The lowest BCUT2D eigenvalue weighted by Crippen LogP contribution is -2.11. The molecule has 4 heteroatoms. The Bertz CT molecular complexity index is 985. The number of aliphatic hydroxyl groups is 1. The van der Waals surface area contributed by atoms with E-state index in [1.165, 1.54) is 34.4 Å². The Balaban J connectivity index is 2.38. The van der Waals surface area contributed by atoms with Gasteiger partial charge in [0.05, 0.1) is 6.10 Å². The van der Waals surface area contributed by atoms with Crippen LogP contribution >= 0.6 is 11.3 Å². The van der Waals surface area contributed by atoms with Gasteiger partial charge in [-0.3, -0.25) is 0 Å². The molecule has 0 spiro atoms. The molecule has 0 saturated heterocycles. The first-order valence-electron chi connectivity index (χ1n) is 10.1. The van der Waals surface area contributed by atoms with Crippen molar-refractivity contribution in [1.82, 2.24) is 0 Å². The van der Waals surface area contributed by atoms with Crippen LogP contribution in [0.2, 0.25) is 0 Å². The second-order valence-corrected chi connectivity index (χ2v) is 9.22. The van der Waals surface area contributed by atoms with Crippen molar-refractivity contribution in [3.05, 3.63) is 80.5 Å². The molecule has 154 valence electrons. The largest absolute Gasteiger partial charge is 0.389 e. The Morgan fingerprint density at radius 2 is 1.48 bits per heavy atom. The Labute approximate surface area is 176 Å². The highest BCUT2D eigenvalue weighted by atomic mass is 32.1. The van der Waals surface area contributed by atoms with Gasteiger partial charge in [0, 0.05) is 16.7 Å². The third-order valence-corrected chi connectivity index (χ3v) is 6.22. The minimum absolute atomic E-state index is 0.226. The first-order chi connectivity index (χ1) is 13.7. The Hall–Kier alpha value is -2.04. The fraction of sp³-hybridized carbons (Fsp3) is 0.360. The van der Waals surface area contributed by atoms with Gasteiger partial charge in [-0.25, -0.2) is 8.78 Å². The van der Waals surface area contributed by atoms with E-state index < -0.39 is 6.10 Å². The lowest BCUT2D eigenvalue weighted by Gasteiger charge is -2.27. The molecule has 1 heterocycles. The first kappa shape index (κ1) is 21.7. The van der Waals surface area contributed by atoms with Crippen molar-refractivity contribution < 1.29 is 13.9 Å². The third-order valence-electron chi connectivity index (χ3n) is 5.31. The zero-order valence-corrected chi connectivity index (χ0v) is 18.4. The lowest BCUT2D eigenvalue weighted by atomic mass is 9.79. The number of rotatable bonds is 6. The maximum Gasteiger partial charge on any atom is 0.134 e. The standard InChI is InChI=1S/C25H28F2OS/c1-14(2)21-12-22(15(3)4)24(16(5)28)25(17-6-8-18(26)9-7-17)23(21)11-20-10-19(27)13-29-20/h6-10,12-16,28H,11H2,1-5H3. The Morgan fingerprint density at radius 3 is 1.97 bits per heavy atom. The molecule has 0 aliphatic carbocycles. The summed E-state index contributed by atoms with van der Waals surface area (Å²) in [6, 6.07) is 10.2. The molecule has 1 nitrogen and oxygen atoms in total. The summed E-state index contributed by atoms with van der Waals surface area (Å²) in [6.45, 7) is 10.3. The van der Waals surface area contributed by atoms with Crippen LogP contribution in [0.25, 0.3) is 11.1 Å². The van der Waals surface area contributed by atoms with Crippen molar-refractivity contribution in [2.75, 3.05) is 0 Å². The molecule has 0 aliphatic heterocycles. The third kappa shape index (κ3) is 4.59. The zero-order valence-electron chi connectivity index (χ0n) is 17.6. The van der Waals surface area contributed by atoms with Crippen LogP contribution in [0.1, 0.15) is 79.7 Å². The average Bonchev–Trinajstić information content (AvgIpc) is 3.06. The normalized spacial score (nSPS) is 12.8. The predicted molar refractivity (Wildman–Crippen MR) is 118 cm³/mol. The number of halogens is 2. The Morgan fingerprint density at radius 1 is 0.862 bits per heavy atom. The van der Waals surface area contributed by atoms with Crippen molar-refractivity contribution in [3.63, 3.8) is 0 Å². The van der Waals surface area contributed by atoms with Gasteiger partial charge in [0.2, 0.25) is 0 Å². The molecule has 2 aromatic carbocycles. The molecular formula is C25H28F2OS. The van der Waals surface area contributed by atoms with E-state index in [0.717, 1.165) is 32.7 Å². The van der Waals surface area contributed by atoms with Crippen LogP contribution in [0.4, 0.5) is 8.78 Å². The second kappa shape index (κ2) is 8.76. The highest BCUT2D eigenvalue weighted by molar-refractivity contribution is 7.10. The smallest absolute Gasteiger partial charge is 0.134 e. The van der Waals surface area contributed by atoms with Gasteiger partial charge in [-0.15, -0.1) is 11.3 Å². The van der Waals surface area contributed by atoms with Crippen molar-refractivity contribution in [1.29, 1.82) is 0 Å². The average molecular weight is 415 g/mol. The van der Waals surface area contributed by atoms with Gasteiger partial charge in [-0.05, 0) is 70.3 Å². The van der Waals surface area contributed by atoms with Crippen LogP contribution in [0, 0.1) is 11.6 Å². The highest BCUT2D eigenvalue weighted by Gasteiger charge is 2.25. The van der Waals surface area contributed by atoms with Crippen LogP contribution in [-0.2, 0) is 6.42 Å². The molecule has 0 saturated carbocycles. The minimum atomic E-state index is -0.674. The van der Waals surface area contributed by atoms with Gasteiger partial charge in [-0.2, -0.15) is 0 Å². The summed E-state index contributed by atoms with van der Waals surface area (Å²) in [7, 11) is 0. The van der Waals surface area contributed by atoms with E-state index in [0.29, 0.717) is 6.42 Å². The number of hydrogen-bond acceptors (Lipinski definition) is 2. The summed E-state index contributed by atoms with van der Waals surface area (Å²) in [6.07, 6.45) is -0.0973. The van der Waals surface area contributed by atoms with Crippen LogP contribution in [0.15, 0.2) is 41.8 Å². The molecule has 0 aliphatic rings. The van der Waals surface area contributed by atoms with Crippen LogP contribution in [0.3, 0.4) is 0 Å². The van der Waals surface area contributed by atoms with Crippen molar-refractivity contribution in [2.45, 2.75) is 59.0 Å². The fourth-order valence-corrected chi connectivity index (χ4v) is 4.72.